The van der Waals surface area contributed by atoms with Gasteiger partial charge in [0.05, 0.1) is 13.2 Å². The van der Waals surface area contributed by atoms with Crippen LogP contribution in [0, 0.1) is 5.92 Å². The number of hydrogen-bond donors (Lipinski definition) is 2. The third kappa shape index (κ3) is 7.67. The zero-order valence-corrected chi connectivity index (χ0v) is 14.7. The van der Waals surface area contributed by atoms with Crippen molar-refractivity contribution >= 4 is 5.96 Å². The Hall–Kier alpha value is -0.810. The first-order valence-electron chi connectivity index (χ1n) is 8.12. The summed E-state index contributed by atoms with van der Waals surface area (Å²) >= 11 is 0. The molecule has 2 N–H and O–H groups in total. The van der Waals surface area contributed by atoms with Crippen molar-refractivity contribution in [2.75, 3.05) is 39.9 Å². The quantitative estimate of drug-likeness (QED) is 0.599. The highest BCUT2D eigenvalue weighted by Gasteiger charge is 2.22. The van der Waals surface area contributed by atoms with Gasteiger partial charge in [0.15, 0.2) is 5.96 Å². The second kappa shape index (κ2) is 8.59. The predicted molar refractivity (Wildman–Crippen MR) is 89.9 cm³/mol. The third-order valence-electron chi connectivity index (χ3n) is 3.53. The number of guanidine groups is 1. The maximum absolute atomic E-state index is 5.47. The molecule has 1 fully saturated rings. The predicted octanol–water partition coefficient (Wildman–Crippen LogP) is 1.70. The van der Waals surface area contributed by atoms with E-state index in [1.54, 1.807) is 0 Å². The summed E-state index contributed by atoms with van der Waals surface area (Å²) in [6, 6.07) is 0.535. The van der Waals surface area contributed by atoms with Crippen LogP contribution in [0.2, 0.25) is 0 Å². The van der Waals surface area contributed by atoms with Gasteiger partial charge in [0.25, 0.3) is 0 Å². The fourth-order valence-electron chi connectivity index (χ4n) is 2.60. The molecule has 0 amide bonds. The molecule has 1 aliphatic heterocycles. The van der Waals surface area contributed by atoms with Gasteiger partial charge in [-0.15, -0.1) is 0 Å². The number of aliphatic imine (C=N–C) groups is 1. The van der Waals surface area contributed by atoms with Gasteiger partial charge in [0.2, 0.25) is 0 Å². The van der Waals surface area contributed by atoms with Gasteiger partial charge in [-0.05, 0) is 33.1 Å². The van der Waals surface area contributed by atoms with Crippen molar-refractivity contribution in [3.63, 3.8) is 0 Å². The maximum Gasteiger partial charge on any atom is 0.191 e. The van der Waals surface area contributed by atoms with Crippen LogP contribution in [-0.4, -0.2) is 62.3 Å². The number of nitrogens with zero attached hydrogens (tertiary/aromatic N) is 2. The van der Waals surface area contributed by atoms with Gasteiger partial charge in [0.1, 0.15) is 0 Å². The molecule has 1 unspecified atom stereocenters. The second-order valence-electron chi connectivity index (χ2n) is 7.26. The molecule has 1 saturated heterocycles. The average molecular weight is 298 g/mol. The van der Waals surface area contributed by atoms with Gasteiger partial charge in [-0.3, -0.25) is 9.89 Å². The van der Waals surface area contributed by atoms with Crippen LogP contribution < -0.4 is 10.6 Å². The van der Waals surface area contributed by atoms with Crippen molar-refractivity contribution in [3.05, 3.63) is 0 Å². The smallest absolute Gasteiger partial charge is 0.191 e. The molecule has 5 heteroatoms. The fourth-order valence-corrected chi connectivity index (χ4v) is 2.60. The van der Waals surface area contributed by atoms with E-state index in [1.807, 2.05) is 7.05 Å². The molecule has 0 aromatic heterocycles. The van der Waals surface area contributed by atoms with Crippen LogP contribution in [0.25, 0.3) is 0 Å². The second-order valence-corrected chi connectivity index (χ2v) is 7.26. The summed E-state index contributed by atoms with van der Waals surface area (Å²) in [6.07, 6.45) is 1.19. The van der Waals surface area contributed by atoms with Crippen molar-refractivity contribution in [2.24, 2.45) is 10.9 Å². The maximum atomic E-state index is 5.47. The summed E-state index contributed by atoms with van der Waals surface area (Å²) < 4.78 is 5.47. The third-order valence-corrected chi connectivity index (χ3v) is 3.53. The van der Waals surface area contributed by atoms with Gasteiger partial charge < -0.3 is 15.4 Å². The molecule has 0 spiro atoms. The zero-order valence-electron chi connectivity index (χ0n) is 14.7. The molecule has 0 radical (unpaired) electrons. The summed E-state index contributed by atoms with van der Waals surface area (Å²) in [6.45, 7) is 15.7. The van der Waals surface area contributed by atoms with Crippen LogP contribution in [0.1, 0.15) is 41.0 Å². The van der Waals surface area contributed by atoms with Crippen LogP contribution in [0.3, 0.4) is 0 Å². The lowest BCUT2D eigenvalue weighted by Gasteiger charge is -2.36. The minimum absolute atomic E-state index is 0.0222. The number of rotatable bonds is 5. The Labute approximate surface area is 130 Å². The molecule has 0 aromatic rings. The summed E-state index contributed by atoms with van der Waals surface area (Å²) in [4.78, 5) is 6.86. The molecule has 5 nitrogen and oxygen atoms in total. The van der Waals surface area contributed by atoms with Crippen LogP contribution in [0.5, 0.6) is 0 Å². The molecule has 124 valence electrons. The first kappa shape index (κ1) is 18.2. The molecular weight excluding hydrogens is 264 g/mol. The summed E-state index contributed by atoms with van der Waals surface area (Å²) in [5, 5.41) is 6.90. The number of hydrogen-bond acceptors (Lipinski definition) is 3. The van der Waals surface area contributed by atoms with Crippen LogP contribution in [-0.2, 0) is 4.74 Å². The molecule has 21 heavy (non-hydrogen) atoms. The lowest BCUT2D eigenvalue weighted by Crippen LogP contribution is -2.53. The van der Waals surface area contributed by atoms with Crippen molar-refractivity contribution in [3.8, 4) is 0 Å². The monoisotopic (exact) mass is 298 g/mol. The Kier molecular flexibility index (Phi) is 7.46. The first-order chi connectivity index (χ1) is 9.81. The Bertz CT molecular complexity index is 317. The van der Waals surface area contributed by atoms with Crippen molar-refractivity contribution in [2.45, 2.75) is 52.6 Å². The van der Waals surface area contributed by atoms with Crippen LogP contribution >= 0.6 is 0 Å². The van der Waals surface area contributed by atoms with E-state index in [4.69, 9.17) is 4.74 Å². The highest BCUT2D eigenvalue weighted by atomic mass is 16.5. The van der Waals surface area contributed by atoms with Gasteiger partial charge >= 0.3 is 0 Å². The van der Waals surface area contributed by atoms with Gasteiger partial charge in [0, 0.05) is 38.3 Å². The largest absolute Gasteiger partial charge is 0.379 e. The highest BCUT2D eigenvalue weighted by molar-refractivity contribution is 5.80. The van der Waals surface area contributed by atoms with E-state index >= 15 is 0 Å². The van der Waals surface area contributed by atoms with Gasteiger partial charge in [-0.25, -0.2) is 0 Å². The van der Waals surface area contributed by atoms with E-state index in [9.17, 15) is 0 Å². The molecule has 1 heterocycles. The van der Waals surface area contributed by atoms with E-state index in [0.29, 0.717) is 12.0 Å². The highest BCUT2D eigenvalue weighted by Crippen LogP contribution is 2.13. The number of morpholine rings is 1. The minimum atomic E-state index is 0.0222. The molecule has 1 rings (SSSR count). The summed E-state index contributed by atoms with van der Waals surface area (Å²) in [7, 11) is 1.83. The summed E-state index contributed by atoms with van der Waals surface area (Å²) in [5.74, 6) is 1.57. The molecule has 0 aliphatic carbocycles. The Balaban J connectivity index is 2.55. The number of ether oxygens (including phenoxy) is 1. The minimum Gasteiger partial charge on any atom is -0.379 e. The van der Waals surface area contributed by atoms with E-state index in [1.165, 1.54) is 6.42 Å². The Morgan fingerprint density at radius 2 is 1.86 bits per heavy atom. The van der Waals surface area contributed by atoms with Crippen molar-refractivity contribution in [1.82, 2.24) is 15.5 Å². The van der Waals surface area contributed by atoms with Crippen molar-refractivity contribution in [1.29, 1.82) is 0 Å². The molecule has 0 bridgehead atoms. The molecule has 1 aliphatic rings. The topological polar surface area (TPSA) is 48.9 Å². The van der Waals surface area contributed by atoms with Crippen molar-refractivity contribution < 1.29 is 4.74 Å². The normalized spacial score (nSPS) is 19.7. The van der Waals surface area contributed by atoms with Gasteiger partial charge in [-0.1, -0.05) is 13.8 Å². The fraction of sp³-hybridized carbons (Fsp3) is 0.938. The molecular formula is C16H34N4O. The Morgan fingerprint density at radius 1 is 1.24 bits per heavy atom. The van der Waals surface area contributed by atoms with Gasteiger partial charge in [-0.2, -0.15) is 0 Å². The van der Waals surface area contributed by atoms with Crippen LogP contribution in [0.15, 0.2) is 4.99 Å². The van der Waals surface area contributed by atoms with E-state index < -0.39 is 0 Å². The SMILES string of the molecule is CN=C(NCC(CC(C)C)N1CCOCC1)NC(C)(C)C. The molecule has 0 saturated carbocycles. The van der Waals surface area contributed by atoms with E-state index in [-0.39, 0.29) is 5.54 Å². The molecule has 0 aromatic carbocycles. The standard InChI is InChI=1S/C16H34N4O/c1-13(2)11-14(20-7-9-21-10-8-20)12-18-15(17-6)19-16(3,4)5/h13-14H,7-12H2,1-6H3,(H2,17,18,19). The zero-order chi connectivity index (χ0) is 15.9. The Morgan fingerprint density at radius 3 is 2.33 bits per heavy atom. The molecule has 1 atom stereocenters. The first-order valence-corrected chi connectivity index (χ1v) is 8.12. The van der Waals surface area contributed by atoms with E-state index in [0.717, 1.165) is 38.8 Å². The van der Waals surface area contributed by atoms with E-state index in [2.05, 4.69) is 55.1 Å². The lowest BCUT2D eigenvalue weighted by molar-refractivity contribution is 0.0132. The average Bonchev–Trinajstić information content (AvgIpc) is 2.41. The van der Waals surface area contributed by atoms with Crippen LogP contribution in [0.4, 0.5) is 0 Å². The lowest BCUT2D eigenvalue weighted by atomic mass is 10.0. The number of nitrogens with one attached hydrogen (secondary N) is 2. The summed E-state index contributed by atoms with van der Waals surface area (Å²) in [5.41, 5.74) is 0.0222.